The van der Waals surface area contributed by atoms with Crippen molar-refractivity contribution >= 4 is 11.8 Å². The largest absolute Gasteiger partial charge is 0.314 e. The van der Waals surface area contributed by atoms with Crippen molar-refractivity contribution in [3.63, 3.8) is 0 Å². The van der Waals surface area contributed by atoms with Crippen LogP contribution >= 0.6 is 11.8 Å². The average Bonchev–Trinajstić information content (AvgIpc) is 2.86. The molecule has 0 aromatic carbocycles. The lowest BCUT2D eigenvalue weighted by Crippen LogP contribution is -2.59. The van der Waals surface area contributed by atoms with E-state index in [0.717, 1.165) is 36.0 Å². The van der Waals surface area contributed by atoms with Gasteiger partial charge < -0.3 is 5.32 Å². The van der Waals surface area contributed by atoms with Crippen molar-refractivity contribution in [2.24, 2.45) is 0 Å². The van der Waals surface area contributed by atoms with E-state index >= 15 is 0 Å². The van der Waals surface area contributed by atoms with E-state index in [0.29, 0.717) is 0 Å². The first-order valence-corrected chi connectivity index (χ1v) is 9.64. The van der Waals surface area contributed by atoms with Gasteiger partial charge in [-0.15, -0.1) is 0 Å². The van der Waals surface area contributed by atoms with Crippen molar-refractivity contribution in [1.82, 2.24) is 10.2 Å². The first kappa shape index (κ1) is 14.2. The molecule has 2 aliphatic heterocycles. The molecule has 3 aliphatic rings. The molecule has 0 radical (unpaired) electrons. The van der Waals surface area contributed by atoms with Crippen LogP contribution in [0.5, 0.6) is 0 Å². The van der Waals surface area contributed by atoms with Crippen LogP contribution in [0, 0.1) is 0 Å². The zero-order valence-corrected chi connectivity index (χ0v) is 13.4. The Bertz CT molecular complexity index is 282. The van der Waals surface area contributed by atoms with Crippen molar-refractivity contribution in [1.29, 1.82) is 0 Å². The van der Waals surface area contributed by atoms with Gasteiger partial charge in [0.05, 0.1) is 0 Å². The van der Waals surface area contributed by atoms with Crippen molar-refractivity contribution in [3.8, 4) is 0 Å². The summed E-state index contributed by atoms with van der Waals surface area (Å²) in [6.07, 6.45) is 13.9. The number of rotatable bonds is 4. The molecule has 4 unspecified atom stereocenters. The molecule has 1 aliphatic carbocycles. The van der Waals surface area contributed by atoms with Gasteiger partial charge in [0, 0.05) is 29.4 Å². The maximum Gasteiger partial charge on any atom is 0.0116 e. The lowest BCUT2D eigenvalue weighted by atomic mass is 9.80. The quantitative estimate of drug-likeness (QED) is 0.852. The van der Waals surface area contributed by atoms with E-state index in [2.05, 4.69) is 35.2 Å². The van der Waals surface area contributed by atoms with Crippen LogP contribution in [0.2, 0.25) is 0 Å². The molecule has 2 nitrogen and oxygen atoms in total. The number of nitrogens with zero attached hydrogens (tertiary/aromatic N) is 1. The third-order valence-corrected chi connectivity index (χ3v) is 6.73. The number of hydrogen-bond acceptors (Lipinski definition) is 3. The predicted molar refractivity (Wildman–Crippen MR) is 84.9 cm³/mol. The van der Waals surface area contributed by atoms with E-state index in [1.807, 2.05) is 0 Å². The van der Waals surface area contributed by atoms with E-state index in [4.69, 9.17) is 0 Å². The minimum atomic E-state index is 0.800. The molecule has 0 aromatic heterocycles. The summed E-state index contributed by atoms with van der Waals surface area (Å²) in [5, 5.41) is 4.66. The first-order valence-electron chi connectivity index (χ1n) is 8.35. The van der Waals surface area contributed by atoms with Crippen LogP contribution in [-0.4, -0.2) is 47.1 Å². The average molecular weight is 282 g/mol. The number of hydrogen-bond donors (Lipinski definition) is 1. The number of nitrogens with one attached hydrogen (secondary N) is 1. The molecule has 4 atom stereocenters. The molecule has 3 fully saturated rings. The molecule has 0 spiro atoms. The molecule has 0 amide bonds. The van der Waals surface area contributed by atoms with Crippen molar-refractivity contribution < 1.29 is 0 Å². The summed E-state index contributed by atoms with van der Waals surface area (Å²) in [5.41, 5.74) is 0. The summed E-state index contributed by atoms with van der Waals surface area (Å²) in [7, 11) is 0. The normalized spacial score (nSPS) is 43.6. The van der Waals surface area contributed by atoms with Gasteiger partial charge in [-0.25, -0.2) is 0 Å². The smallest absolute Gasteiger partial charge is 0.0116 e. The Morgan fingerprint density at radius 1 is 1.00 bits per heavy atom. The summed E-state index contributed by atoms with van der Waals surface area (Å²) in [6, 6.07) is 3.49. The highest BCUT2D eigenvalue weighted by atomic mass is 32.2. The summed E-state index contributed by atoms with van der Waals surface area (Å²) in [6.45, 7) is 3.39. The standard InChI is InChI=1S/C16H30N2S/c1-3-17-12-9-13-5-4-6-14(10-12)18(13)15-7-8-16(11-15)19-2/h12-17H,3-11H2,1-2H3. The zero-order chi connectivity index (χ0) is 13.2. The topological polar surface area (TPSA) is 15.3 Å². The van der Waals surface area contributed by atoms with Crippen LogP contribution in [-0.2, 0) is 0 Å². The monoisotopic (exact) mass is 282 g/mol. The van der Waals surface area contributed by atoms with E-state index in [-0.39, 0.29) is 0 Å². The number of fused-ring (bicyclic) bond motifs is 2. The Kier molecular flexibility index (Phi) is 4.76. The molecular formula is C16H30N2S. The second kappa shape index (κ2) is 6.36. The predicted octanol–water partition coefficient (Wildman–Crippen LogP) is 3.27. The van der Waals surface area contributed by atoms with Gasteiger partial charge in [0.15, 0.2) is 0 Å². The fourth-order valence-electron chi connectivity index (χ4n) is 4.87. The van der Waals surface area contributed by atoms with E-state index in [9.17, 15) is 0 Å². The minimum absolute atomic E-state index is 0.800. The van der Waals surface area contributed by atoms with Gasteiger partial charge >= 0.3 is 0 Å². The molecule has 2 bridgehead atoms. The summed E-state index contributed by atoms with van der Waals surface area (Å²) >= 11 is 2.10. The Hall–Kier alpha value is 0.270. The SMILES string of the molecule is CCNC1CC2CCCC(C1)N2C1CCC(SC)C1. The summed E-state index contributed by atoms with van der Waals surface area (Å²) < 4.78 is 0. The molecule has 3 rings (SSSR count). The highest BCUT2D eigenvalue weighted by Gasteiger charge is 2.43. The maximum atomic E-state index is 3.71. The van der Waals surface area contributed by atoms with Gasteiger partial charge in [-0.2, -0.15) is 11.8 Å². The highest BCUT2D eigenvalue weighted by Crippen LogP contribution is 2.41. The second-order valence-corrected chi connectivity index (χ2v) is 7.87. The summed E-state index contributed by atoms with van der Waals surface area (Å²) in [5.74, 6) is 0. The van der Waals surface area contributed by atoms with Crippen molar-refractivity contribution in [2.45, 2.75) is 87.7 Å². The van der Waals surface area contributed by atoms with Gasteiger partial charge in [-0.05, 0) is 57.7 Å². The van der Waals surface area contributed by atoms with Gasteiger partial charge in [0.25, 0.3) is 0 Å². The highest BCUT2D eigenvalue weighted by molar-refractivity contribution is 7.99. The minimum Gasteiger partial charge on any atom is -0.314 e. The Labute approximate surface area is 123 Å². The number of piperidine rings is 2. The van der Waals surface area contributed by atoms with Crippen LogP contribution in [0.1, 0.15) is 58.3 Å². The van der Waals surface area contributed by atoms with Crippen molar-refractivity contribution in [2.75, 3.05) is 12.8 Å². The molecule has 19 heavy (non-hydrogen) atoms. The Balaban J connectivity index is 1.65. The lowest BCUT2D eigenvalue weighted by molar-refractivity contribution is -0.00839. The van der Waals surface area contributed by atoms with Gasteiger partial charge in [0.1, 0.15) is 0 Å². The molecule has 1 N–H and O–H groups in total. The van der Waals surface area contributed by atoms with Gasteiger partial charge in [-0.1, -0.05) is 13.3 Å². The molecular weight excluding hydrogens is 252 g/mol. The molecule has 0 aromatic rings. The van der Waals surface area contributed by atoms with E-state index in [1.54, 1.807) is 0 Å². The molecule has 1 saturated carbocycles. The van der Waals surface area contributed by atoms with Gasteiger partial charge in [-0.3, -0.25) is 4.90 Å². The second-order valence-electron chi connectivity index (χ2n) is 6.74. The van der Waals surface area contributed by atoms with Crippen LogP contribution in [0.3, 0.4) is 0 Å². The van der Waals surface area contributed by atoms with E-state index in [1.165, 1.54) is 51.4 Å². The van der Waals surface area contributed by atoms with Crippen molar-refractivity contribution in [3.05, 3.63) is 0 Å². The number of thioether (sulfide) groups is 1. The van der Waals surface area contributed by atoms with Crippen LogP contribution in [0.15, 0.2) is 0 Å². The van der Waals surface area contributed by atoms with E-state index < -0.39 is 0 Å². The first-order chi connectivity index (χ1) is 9.31. The molecule has 2 saturated heterocycles. The maximum absolute atomic E-state index is 3.71. The third kappa shape index (κ3) is 2.98. The fraction of sp³-hybridized carbons (Fsp3) is 1.00. The van der Waals surface area contributed by atoms with Crippen LogP contribution in [0.4, 0.5) is 0 Å². The third-order valence-electron chi connectivity index (χ3n) is 5.64. The Morgan fingerprint density at radius 2 is 1.68 bits per heavy atom. The molecule has 2 heterocycles. The Morgan fingerprint density at radius 3 is 2.26 bits per heavy atom. The van der Waals surface area contributed by atoms with Crippen LogP contribution < -0.4 is 5.32 Å². The zero-order valence-electron chi connectivity index (χ0n) is 12.6. The van der Waals surface area contributed by atoms with Gasteiger partial charge in [0.2, 0.25) is 0 Å². The van der Waals surface area contributed by atoms with Crippen LogP contribution in [0.25, 0.3) is 0 Å². The fourth-order valence-corrected chi connectivity index (χ4v) is 5.66. The lowest BCUT2D eigenvalue weighted by Gasteiger charge is -2.52. The summed E-state index contributed by atoms with van der Waals surface area (Å²) in [4.78, 5) is 2.98. The molecule has 110 valence electrons. The molecule has 3 heteroatoms.